The van der Waals surface area contributed by atoms with E-state index in [9.17, 15) is 4.57 Å². The van der Waals surface area contributed by atoms with Crippen LogP contribution < -0.4 is 6.15 Å². The average Bonchev–Trinajstić information content (AvgIpc) is 1.59. The first-order valence-corrected chi connectivity index (χ1v) is 3.40. The summed E-state index contributed by atoms with van der Waals surface area (Å²) in [5.41, 5.74) is 0. The summed E-state index contributed by atoms with van der Waals surface area (Å²) < 4.78 is 13.5. The van der Waals surface area contributed by atoms with Crippen LogP contribution in [-0.2, 0) is 9.09 Å². The Bertz CT molecular complexity index is 99.1. The molecule has 0 radical (unpaired) electrons. The van der Waals surface area contributed by atoms with Crippen molar-refractivity contribution in [3.05, 3.63) is 0 Å². The van der Waals surface area contributed by atoms with Crippen molar-refractivity contribution in [1.82, 2.24) is 6.15 Å². The van der Waals surface area contributed by atoms with Crippen molar-refractivity contribution < 1.29 is 24.0 Å². The van der Waals surface area contributed by atoms with Gasteiger partial charge in [0.15, 0.2) is 0 Å². The fraction of sp³-hybridized carbons (Fsp3) is 1.00. The zero-order chi connectivity index (χ0) is 6.62. The summed E-state index contributed by atoms with van der Waals surface area (Å²) in [5.74, 6) is 0. The van der Waals surface area contributed by atoms with Crippen molar-refractivity contribution >= 4 is 7.82 Å². The molecule has 7 heteroatoms. The van der Waals surface area contributed by atoms with E-state index < -0.39 is 7.82 Å². The van der Waals surface area contributed by atoms with Gasteiger partial charge in [-0.05, 0) is 0 Å². The van der Waals surface area contributed by atoms with Gasteiger partial charge in [0, 0.05) is 0 Å². The summed E-state index contributed by atoms with van der Waals surface area (Å²) in [6.07, 6.45) is 0. The maximum atomic E-state index is 9.75. The lowest BCUT2D eigenvalue weighted by molar-refractivity contribution is 0.151. The summed E-state index contributed by atoms with van der Waals surface area (Å²) >= 11 is 0. The Morgan fingerprint density at radius 1 is 1.44 bits per heavy atom. The largest absolute Gasteiger partial charge is 0.469 e. The number of phosphoric acid groups is 1. The first-order chi connectivity index (χ1) is 3.56. The van der Waals surface area contributed by atoms with E-state index in [0.29, 0.717) is 0 Å². The van der Waals surface area contributed by atoms with Crippen molar-refractivity contribution in [2.75, 3.05) is 13.2 Å². The van der Waals surface area contributed by atoms with E-state index in [1.165, 1.54) is 0 Å². The van der Waals surface area contributed by atoms with Crippen LogP contribution in [0.4, 0.5) is 0 Å². The second-order valence-electron chi connectivity index (χ2n) is 1.05. The van der Waals surface area contributed by atoms with E-state index >= 15 is 0 Å². The Kier molecular flexibility index (Phi) is 6.37. The van der Waals surface area contributed by atoms with E-state index in [0.717, 1.165) is 0 Å². The summed E-state index contributed by atoms with van der Waals surface area (Å²) in [6, 6.07) is 0. The third-order valence-electron chi connectivity index (χ3n) is 0.351. The summed E-state index contributed by atoms with van der Waals surface area (Å²) in [5, 5.41) is 7.96. The smallest absolute Gasteiger partial charge is 0.394 e. The predicted molar refractivity (Wildman–Crippen MR) is 30.1 cm³/mol. The molecule has 0 spiro atoms. The number of aliphatic hydroxyl groups excluding tert-OH is 1. The second kappa shape index (κ2) is 4.87. The highest BCUT2D eigenvalue weighted by Gasteiger charge is 2.11. The van der Waals surface area contributed by atoms with E-state index in [2.05, 4.69) is 4.52 Å². The van der Waals surface area contributed by atoms with Gasteiger partial charge in [-0.2, -0.15) is 0 Å². The zero-order valence-electron chi connectivity index (χ0n) is 4.73. The minimum absolute atomic E-state index is 0. The molecular weight excluding hydrogens is 149 g/mol. The third kappa shape index (κ3) is 11.5. The molecule has 58 valence electrons. The topological polar surface area (TPSA) is 122 Å². The fourth-order valence-corrected chi connectivity index (χ4v) is 0.479. The van der Waals surface area contributed by atoms with Gasteiger partial charge in [-0.15, -0.1) is 0 Å². The van der Waals surface area contributed by atoms with Gasteiger partial charge in [-0.1, -0.05) is 0 Å². The van der Waals surface area contributed by atoms with Gasteiger partial charge in [0.25, 0.3) is 0 Å². The molecule has 6 nitrogen and oxygen atoms in total. The first kappa shape index (κ1) is 11.8. The van der Waals surface area contributed by atoms with Gasteiger partial charge >= 0.3 is 7.82 Å². The van der Waals surface area contributed by atoms with E-state index in [4.69, 9.17) is 14.9 Å². The van der Waals surface area contributed by atoms with Crippen LogP contribution >= 0.6 is 7.82 Å². The molecule has 0 fully saturated rings. The van der Waals surface area contributed by atoms with E-state index in [-0.39, 0.29) is 19.4 Å². The highest BCUT2D eigenvalue weighted by Crippen LogP contribution is 2.34. The van der Waals surface area contributed by atoms with Crippen LogP contribution in [0.25, 0.3) is 0 Å². The van der Waals surface area contributed by atoms with E-state index in [1.54, 1.807) is 0 Å². The number of aliphatic hydroxyl groups is 1. The van der Waals surface area contributed by atoms with Crippen LogP contribution in [0.2, 0.25) is 0 Å². The van der Waals surface area contributed by atoms with Crippen molar-refractivity contribution in [3.8, 4) is 0 Å². The molecule has 0 aromatic rings. The monoisotopic (exact) mass is 159 g/mol. The Balaban J connectivity index is 0. The summed E-state index contributed by atoms with van der Waals surface area (Å²) in [4.78, 5) is 15.9. The van der Waals surface area contributed by atoms with Gasteiger partial charge in [-0.3, -0.25) is 4.52 Å². The quantitative estimate of drug-likeness (QED) is 0.402. The lowest BCUT2D eigenvalue weighted by Gasteiger charge is -2.00. The summed E-state index contributed by atoms with van der Waals surface area (Å²) in [6.45, 7) is -0.713. The average molecular weight is 159 g/mol. The van der Waals surface area contributed by atoms with Gasteiger partial charge < -0.3 is 21.0 Å². The molecule has 0 aromatic heterocycles. The third-order valence-corrected chi connectivity index (χ3v) is 0.870. The van der Waals surface area contributed by atoms with Gasteiger partial charge in [-0.25, -0.2) is 4.57 Å². The molecule has 0 aromatic carbocycles. The van der Waals surface area contributed by atoms with Crippen molar-refractivity contribution in [2.45, 2.75) is 0 Å². The lowest BCUT2D eigenvalue weighted by Crippen LogP contribution is -1.95. The van der Waals surface area contributed by atoms with E-state index in [1.807, 2.05) is 0 Å². The SMILES string of the molecule is N.O=P(O)(O)OCCO. The normalized spacial score (nSPS) is 10.6. The Labute approximate surface area is 52.3 Å². The molecule has 0 atom stereocenters. The van der Waals surface area contributed by atoms with Crippen molar-refractivity contribution in [1.29, 1.82) is 0 Å². The molecule has 0 rings (SSSR count). The molecule has 6 N–H and O–H groups in total. The lowest BCUT2D eigenvalue weighted by atomic mass is 10.8. The van der Waals surface area contributed by atoms with Crippen molar-refractivity contribution in [2.24, 2.45) is 0 Å². The van der Waals surface area contributed by atoms with Crippen LogP contribution in [0.1, 0.15) is 0 Å². The van der Waals surface area contributed by atoms with Crippen LogP contribution in [0.3, 0.4) is 0 Å². The van der Waals surface area contributed by atoms with Gasteiger partial charge in [0.1, 0.15) is 0 Å². The van der Waals surface area contributed by atoms with Gasteiger partial charge in [0.2, 0.25) is 0 Å². The molecule has 0 saturated carbocycles. The number of rotatable bonds is 3. The Morgan fingerprint density at radius 3 is 2.00 bits per heavy atom. The molecule has 0 aliphatic rings. The summed E-state index contributed by atoms with van der Waals surface area (Å²) in [7, 11) is -4.34. The molecule has 0 aliphatic heterocycles. The number of hydrogen-bond donors (Lipinski definition) is 4. The standard InChI is InChI=1S/C2H7O5P.H3N/c3-1-2-7-8(4,5)6;/h3H,1-2H2,(H2,4,5,6);1H3. The number of phosphoric ester groups is 1. The molecule has 0 aliphatic carbocycles. The molecule has 0 bridgehead atoms. The number of hydrogen-bond acceptors (Lipinski definition) is 4. The van der Waals surface area contributed by atoms with Crippen LogP contribution in [0, 0.1) is 0 Å². The predicted octanol–water partition coefficient (Wildman–Crippen LogP) is -0.750. The maximum absolute atomic E-state index is 9.75. The molecule has 9 heavy (non-hydrogen) atoms. The minimum Gasteiger partial charge on any atom is -0.394 e. The van der Waals surface area contributed by atoms with Crippen LogP contribution in [-0.4, -0.2) is 28.1 Å². The molecule has 0 saturated heterocycles. The second-order valence-corrected chi connectivity index (χ2v) is 2.29. The molecular formula is C2H10NO5P. The Morgan fingerprint density at radius 2 is 1.89 bits per heavy atom. The first-order valence-electron chi connectivity index (χ1n) is 1.87. The van der Waals surface area contributed by atoms with Crippen LogP contribution in [0.15, 0.2) is 0 Å². The zero-order valence-corrected chi connectivity index (χ0v) is 5.62. The maximum Gasteiger partial charge on any atom is 0.469 e. The van der Waals surface area contributed by atoms with Gasteiger partial charge in [0.05, 0.1) is 13.2 Å². The highest BCUT2D eigenvalue weighted by molar-refractivity contribution is 7.46. The molecule has 0 amide bonds. The Hall–Kier alpha value is 0.0300. The van der Waals surface area contributed by atoms with Crippen molar-refractivity contribution in [3.63, 3.8) is 0 Å². The minimum atomic E-state index is -4.34. The fourth-order valence-electron chi connectivity index (χ4n) is 0.160. The molecule has 0 unspecified atom stereocenters. The van der Waals surface area contributed by atoms with Crippen LogP contribution in [0.5, 0.6) is 0 Å². The highest BCUT2D eigenvalue weighted by atomic mass is 31.2. The molecule has 0 heterocycles.